The molecule has 1 aliphatic rings. The quantitative estimate of drug-likeness (QED) is 0.145. The summed E-state index contributed by atoms with van der Waals surface area (Å²) in [4.78, 5) is 156. The summed E-state index contributed by atoms with van der Waals surface area (Å²) in [5, 5.41) is 23.8. The number of carbonyl (C=O) groups excluding carboxylic acids is 10. The lowest BCUT2D eigenvalue weighted by Crippen LogP contribution is -2.62. The van der Waals surface area contributed by atoms with Crippen LogP contribution in [-0.2, 0) is 47.9 Å². The van der Waals surface area contributed by atoms with Crippen LogP contribution in [0.4, 0.5) is 0 Å². The van der Waals surface area contributed by atoms with Gasteiger partial charge in [-0.2, -0.15) is 0 Å². The highest BCUT2D eigenvalue weighted by Crippen LogP contribution is 2.26. The molecule has 85 heavy (non-hydrogen) atoms. The molecule has 0 spiro atoms. The first-order chi connectivity index (χ1) is 39.3. The highest BCUT2D eigenvalue weighted by Gasteiger charge is 2.45. The zero-order chi connectivity index (χ0) is 66.0. The summed E-state index contributed by atoms with van der Waals surface area (Å²) in [7, 11) is 9.02. The summed E-state index contributed by atoms with van der Waals surface area (Å²) in [5.74, 6) is -7.88. The number of nitrogens with zero attached hydrogens (tertiary/aromatic N) is 7. The Hall–Kier alpha value is -5.64. The molecule has 1 heterocycles. The molecule has 1 rings (SSSR count). The third-order valence-electron chi connectivity index (χ3n) is 16.8. The molecule has 1 aliphatic heterocycles. The standard InChI is InChI=1S/C63H115N11O11/c1-26-29-30-41(16)53(75)49-34-64-45(27-2)59(81)68(20)44(19)58(80)74(28-3)51(39(12)13)56(78)67-50(38(10)11)62(84)69(21)46(31-35(4)5)55(77)65-42(17)54(76)66-43(18)57(79)70(22)47(32-36(6)7)60(82)71(23)48(33-37(8)9)61(83)73(25)52(40(14)15)63(85)72(49)24/h26,29,35-53,64,75H,27-28,30-34H2,1-25H3,(H,65,77)(H,66,76)(H,67,78). The maximum atomic E-state index is 15.2. The number of hydrogen-bond donors (Lipinski definition) is 5. The normalized spacial score (nSPS) is 27.9. The molecule has 488 valence electrons. The Morgan fingerprint density at radius 3 is 1.40 bits per heavy atom. The van der Waals surface area contributed by atoms with Crippen molar-refractivity contribution in [3.8, 4) is 0 Å². The van der Waals surface area contributed by atoms with Crippen LogP contribution in [0.2, 0.25) is 0 Å². The van der Waals surface area contributed by atoms with E-state index in [-0.39, 0.29) is 62.4 Å². The molecular formula is C63H115N11O11. The van der Waals surface area contributed by atoms with Gasteiger partial charge in [-0.1, -0.05) is 109 Å². The number of rotatable bonds is 15. The molecule has 1 fully saturated rings. The molecule has 0 aliphatic carbocycles. The number of likely N-dealkylation sites (N-methyl/N-ethyl adjacent to an activating group) is 7. The molecule has 0 aromatic heterocycles. The summed E-state index contributed by atoms with van der Waals surface area (Å²) in [6, 6.07) is -12.0. The monoisotopic (exact) mass is 1200 g/mol. The van der Waals surface area contributed by atoms with E-state index >= 15 is 9.59 Å². The second kappa shape index (κ2) is 35.2. The van der Waals surface area contributed by atoms with Gasteiger partial charge in [0.25, 0.3) is 0 Å². The topological polar surface area (TPSA) is 262 Å². The Morgan fingerprint density at radius 2 is 0.953 bits per heavy atom. The third kappa shape index (κ3) is 21.0. The lowest BCUT2D eigenvalue weighted by Gasteiger charge is -2.42. The van der Waals surface area contributed by atoms with Gasteiger partial charge < -0.3 is 60.7 Å². The maximum Gasteiger partial charge on any atom is 0.245 e. The van der Waals surface area contributed by atoms with E-state index in [0.29, 0.717) is 6.42 Å². The largest absolute Gasteiger partial charge is 0.391 e. The summed E-state index contributed by atoms with van der Waals surface area (Å²) in [5.41, 5.74) is 0. The molecule has 22 nitrogen and oxygen atoms in total. The number of aliphatic hydroxyl groups is 1. The van der Waals surface area contributed by atoms with Crippen LogP contribution in [-0.4, -0.2) is 226 Å². The van der Waals surface area contributed by atoms with Crippen molar-refractivity contribution in [2.45, 2.75) is 236 Å². The number of carbonyl (C=O) groups is 10. The van der Waals surface area contributed by atoms with Crippen molar-refractivity contribution in [1.29, 1.82) is 0 Å². The van der Waals surface area contributed by atoms with E-state index in [1.165, 1.54) is 83.4 Å². The summed E-state index contributed by atoms with van der Waals surface area (Å²) in [6.07, 6.45) is 3.93. The van der Waals surface area contributed by atoms with Crippen LogP contribution in [0.5, 0.6) is 0 Å². The van der Waals surface area contributed by atoms with Gasteiger partial charge in [0.15, 0.2) is 0 Å². The fourth-order valence-electron chi connectivity index (χ4n) is 11.2. The number of aliphatic hydroxyl groups excluding tert-OH is 1. The van der Waals surface area contributed by atoms with Crippen LogP contribution < -0.4 is 21.3 Å². The molecule has 1 saturated heterocycles. The first-order valence-corrected chi connectivity index (χ1v) is 31.1. The van der Waals surface area contributed by atoms with E-state index < -0.39 is 149 Å². The van der Waals surface area contributed by atoms with Crippen LogP contribution in [0.1, 0.15) is 164 Å². The maximum absolute atomic E-state index is 15.2. The van der Waals surface area contributed by atoms with Crippen molar-refractivity contribution in [2.24, 2.45) is 41.4 Å². The van der Waals surface area contributed by atoms with Crippen molar-refractivity contribution in [2.75, 3.05) is 55.4 Å². The van der Waals surface area contributed by atoms with Gasteiger partial charge >= 0.3 is 0 Å². The summed E-state index contributed by atoms with van der Waals surface area (Å²) in [6.45, 7) is 33.8. The van der Waals surface area contributed by atoms with Crippen LogP contribution >= 0.6 is 0 Å². The van der Waals surface area contributed by atoms with Gasteiger partial charge in [0.2, 0.25) is 59.1 Å². The van der Waals surface area contributed by atoms with E-state index in [2.05, 4.69) is 21.3 Å². The first-order valence-electron chi connectivity index (χ1n) is 31.1. The number of amides is 10. The van der Waals surface area contributed by atoms with Crippen molar-refractivity contribution in [3.63, 3.8) is 0 Å². The molecular weight excluding hydrogens is 1090 g/mol. The highest BCUT2D eigenvalue weighted by atomic mass is 16.3. The lowest BCUT2D eigenvalue weighted by atomic mass is 9.91. The van der Waals surface area contributed by atoms with E-state index in [4.69, 9.17) is 0 Å². The first kappa shape index (κ1) is 77.4. The highest BCUT2D eigenvalue weighted by molar-refractivity contribution is 5.98. The molecule has 13 unspecified atom stereocenters. The lowest BCUT2D eigenvalue weighted by molar-refractivity contribution is -0.156. The van der Waals surface area contributed by atoms with E-state index in [0.717, 1.165) is 0 Å². The van der Waals surface area contributed by atoms with Crippen LogP contribution in [0, 0.1) is 41.4 Å². The van der Waals surface area contributed by atoms with Gasteiger partial charge in [0, 0.05) is 55.4 Å². The molecule has 10 amide bonds. The van der Waals surface area contributed by atoms with Gasteiger partial charge in [0.1, 0.15) is 54.4 Å². The molecule has 0 radical (unpaired) electrons. The third-order valence-corrected chi connectivity index (χ3v) is 16.8. The fourth-order valence-corrected chi connectivity index (χ4v) is 11.2. The van der Waals surface area contributed by atoms with Gasteiger partial charge in [-0.05, 0) is 108 Å². The molecule has 13 atom stereocenters. The fraction of sp³-hybridized carbons (Fsp3) is 0.810. The molecule has 22 heteroatoms. The zero-order valence-corrected chi connectivity index (χ0v) is 56.7. The number of hydrogen-bond acceptors (Lipinski definition) is 12. The van der Waals surface area contributed by atoms with Crippen LogP contribution in [0.3, 0.4) is 0 Å². The van der Waals surface area contributed by atoms with Gasteiger partial charge in [-0.3, -0.25) is 47.9 Å². The predicted molar refractivity (Wildman–Crippen MR) is 333 cm³/mol. The average molecular weight is 1200 g/mol. The van der Waals surface area contributed by atoms with E-state index in [1.54, 1.807) is 69.4 Å². The van der Waals surface area contributed by atoms with Crippen molar-refractivity contribution >= 4 is 59.1 Å². The minimum Gasteiger partial charge on any atom is -0.391 e. The van der Waals surface area contributed by atoms with Gasteiger partial charge in [-0.15, -0.1) is 0 Å². The Morgan fingerprint density at radius 1 is 0.494 bits per heavy atom. The van der Waals surface area contributed by atoms with Gasteiger partial charge in [0.05, 0.1) is 18.2 Å². The summed E-state index contributed by atoms with van der Waals surface area (Å²) < 4.78 is 0. The molecule has 5 N–H and O–H groups in total. The minimum atomic E-state index is -1.21. The van der Waals surface area contributed by atoms with Crippen molar-refractivity contribution in [1.82, 2.24) is 55.6 Å². The summed E-state index contributed by atoms with van der Waals surface area (Å²) >= 11 is 0. The van der Waals surface area contributed by atoms with Gasteiger partial charge in [-0.25, -0.2) is 0 Å². The number of allylic oxidation sites excluding steroid dienone is 2. The Balaban J connectivity index is 4.33. The van der Waals surface area contributed by atoms with Crippen LogP contribution in [0.25, 0.3) is 0 Å². The van der Waals surface area contributed by atoms with Crippen LogP contribution in [0.15, 0.2) is 12.2 Å². The zero-order valence-electron chi connectivity index (χ0n) is 56.7. The van der Waals surface area contributed by atoms with E-state index in [9.17, 15) is 43.5 Å². The van der Waals surface area contributed by atoms with E-state index in [1.807, 2.05) is 67.5 Å². The predicted octanol–water partition coefficient (Wildman–Crippen LogP) is 4.13. The van der Waals surface area contributed by atoms with Crippen molar-refractivity contribution < 1.29 is 53.1 Å². The molecule has 0 aromatic rings. The Bertz CT molecular complexity index is 2270. The molecule has 0 saturated carbocycles. The molecule has 0 bridgehead atoms. The second-order valence-corrected chi connectivity index (χ2v) is 26.2. The number of nitrogens with one attached hydrogen (secondary N) is 4. The smallest absolute Gasteiger partial charge is 0.245 e. The Kier molecular flexibility index (Phi) is 32.1. The Labute approximate surface area is 511 Å². The van der Waals surface area contributed by atoms with Crippen molar-refractivity contribution in [3.05, 3.63) is 12.2 Å². The molecule has 0 aromatic carbocycles. The SMILES string of the molecule is CC=CCC(C)C(O)C1CNC(CC)C(=O)N(C)C(C)C(=O)N(CC)C(C(C)C)C(=O)NC(C(C)C)C(=O)N(C)C(CC(C)C)C(=O)NC(C)C(=O)NC(C)C(=O)N(C)C(CC(C)C)C(=O)N(C)C(CC(C)C)C(=O)N(C)C(C(C)C)C(=O)N1C. The second-order valence-electron chi connectivity index (χ2n) is 26.2. The minimum absolute atomic E-state index is 0.0680. The average Bonchev–Trinajstić information content (AvgIpc) is 2.80.